The number of anilines is 2. The van der Waals surface area contributed by atoms with Crippen molar-refractivity contribution in [2.24, 2.45) is 5.92 Å². The SMILES string of the molecule is CCC1CCC2(CC1)NC(=O)N(CC(=O)N1c3ccccc3NC(=O)C[C@H]1C)C2=O. The molecule has 3 aliphatic rings. The quantitative estimate of drug-likeness (QED) is 0.746. The van der Waals surface area contributed by atoms with Crippen molar-refractivity contribution in [2.75, 3.05) is 16.8 Å². The third-order valence-electron chi connectivity index (χ3n) is 6.70. The zero-order valence-corrected chi connectivity index (χ0v) is 17.4. The third kappa shape index (κ3) is 3.44. The number of nitrogens with one attached hydrogen (secondary N) is 2. The predicted molar refractivity (Wildman–Crippen MR) is 112 cm³/mol. The molecule has 1 aromatic carbocycles. The minimum atomic E-state index is -0.872. The van der Waals surface area contributed by atoms with Gasteiger partial charge in [-0.15, -0.1) is 0 Å². The van der Waals surface area contributed by atoms with E-state index < -0.39 is 17.6 Å². The zero-order chi connectivity index (χ0) is 21.5. The summed E-state index contributed by atoms with van der Waals surface area (Å²) in [4.78, 5) is 53.8. The second kappa shape index (κ2) is 7.74. The van der Waals surface area contributed by atoms with Gasteiger partial charge in [-0.3, -0.25) is 19.3 Å². The number of urea groups is 1. The highest BCUT2D eigenvalue weighted by Crippen LogP contribution is 2.38. The molecule has 0 aromatic heterocycles. The molecule has 2 N–H and O–H groups in total. The van der Waals surface area contributed by atoms with Gasteiger partial charge in [-0.1, -0.05) is 25.5 Å². The van der Waals surface area contributed by atoms with Crippen LogP contribution >= 0.6 is 0 Å². The Morgan fingerprint density at radius 3 is 2.57 bits per heavy atom. The van der Waals surface area contributed by atoms with E-state index in [1.54, 1.807) is 31.2 Å². The Labute approximate surface area is 176 Å². The van der Waals surface area contributed by atoms with Crippen LogP contribution in [0.25, 0.3) is 0 Å². The summed E-state index contributed by atoms with van der Waals surface area (Å²) in [6.07, 6.45) is 4.23. The van der Waals surface area contributed by atoms with Crippen molar-refractivity contribution in [3.05, 3.63) is 24.3 Å². The lowest BCUT2D eigenvalue weighted by molar-refractivity contribution is -0.135. The average molecular weight is 412 g/mol. The Hall–Kier alpha value is -2.90. The lowest BCUT2D eigenvalue weighted by Gasteiger charge is -2.34. The summed E-state index contributed by atoms with van der Waals surface area (Å²) in [5, 5.41) is 5.68. The second-order valence-corrected chi connectivity index (χ2v) is 8.64. The van der Waals surface area contributed by atoms with Crippen LogP contribution in [0.5, 0.6) is 0 Å². The molecule has 160 valence electrons. The number of para-hydroxylation sites is 2. The molecule has 1 saturated heterocycles. The van der Waals surface area contributed by atoms with Gasteiger partial charge in [0.25, 0.3) is 5.91 Å². The summed E-state index contributed by atoms with van der Waals surface area (Å²) >= 11 is 0. The lowest BCUT2D eigenvalue weighted by atomic mass is 9.75. The van der Waals surface area contributed by atoms with Gasteiger partial charge in [-0.25, -0.2) is 4.79 Å². The first-order valence-corrected chi connectivity index (χ1v) is 10.7. The number of hydrogen-bond acceptors (Lipinski definition) is 4. The number of carbonyl (C=O) groups is 4. The van der Waals surface area contributed by atoms with Crippen molar-refractivity contribution in [1.82, 2.24) is 10.2 Å². The maximum Gasteiger partial charge on any atom is 0.325 e. The third-order valence-corrected chi connectivity index (χ3v) is 6.70. The Bertz CT molecular complexity index is 891. The van der Waals surface area contributed by atoms with Crippen LogP contribution in [0, 0.1) is 5.92 Å². The molecule has 8 nitrogen and oxygen atoms in total. The zero-order valence-electron chi connectivity index (χ0n) is 17.4. The van der Waals surface area contributed by atoms with Gasteiger partial charge in [0.05, 0.1) is 11.4 Å². The Morgan fingerprint density at radius 2 is 1.87 bits per heavy atom. The Kier molecular flexibility index (Phi) is 5.26. The minimum Gasteiger partial charge on any atom is -0.324 e. The molecule has 4 rings (SSSR count). The number of hydrogen-bond donors (Lipinski definition) is 2. The molecule has 2 heterocycles. The fourth-order valence-electron chi connectivity index (χ4n) is 4.92. The van der Waals surface area contributed by atoms with Gasteiger partial charge in [-0.2, -0.15) is 0 Å². The molecule has 1 aromatic rings. The van der Waals surface area contributed by atoms with Crippen molar-refractivity contribution in [3.63, 3.8) is 0 Å². The maximum atomic E-state index is 13.3. The number of imide groups is 1. The molecular weight excluding hydrogens is 384 g/mol. The highest BCUT2D eigenvalue weighted by Gasteiger charge is 2.53. The van der Waals surface area contributed by atoms with E-state index in [2.05, 4.69) is 17.6 Å². The van der Waals surface area contributed by atoms with Gasteiger partial charge >= 0.3 is 6.03 Å². The van der Waals surface area contributed by atoms with Gasteiger partial charge in [0, 0.05) is 12.5 Å². The molecule has 0 bridgehead atoms. The predicted octanol–water partition coefficient (Wildman–Crippen LogP) is 2.64. The number of benzene rings is 1. The highest BCUT2D eigenvalue weighted by atomic mass is 16.2. The fourth-order valence-corrected chi connectivity index (χ4v) is 4.92. The van der Waals surface area contributed by atoms with E-state index in [9.17, 15) is 19.2 Å². The summed E-state index contributed by atoms with van der Waals surface area (Å²) in [5.41, 5.74) is 0.251. The average Bonchev–Trinajstić information content (AvgIpc) is 2.85. The number of amides is 5. The van der Waals surface area contributed by atoms with E-state index >= 15 is 0 Å². The molecular formula is C22H28N4O4. The topological polar surface area (TPSA) is 98.8 Å². The van der Waals surface area contributed by atoms with Crippen LogP contribution in [0.2, 0.25) is 0 Å². The van der Waals surface area contributed by atoms with E-state index in [4.69, 9.17) is 0 Å². The molecule has 30 heavy (non-hydrogen) atoms. The summed E-state index contributed by atoms with van der Waals surface area (Å²) in [5.74, 6) is -0.281. The number of carbonyl (C=O) groups excluding carboxylic acids is 4. The molecule has 2 aliphatic heterocycles. The normalized spacial score (nSPS) is 28.8. The Morgan fingerprint density at radius 1 is 1.17 bits per heavy atom. The number of fused-ring (bicyclic) bond motifs is 1. The van der Waals surface area contributed by atoms with Gasteiger partial charge in [0.15, 0.2) is 0 Å². The maximum absolute atomic E-state index is 13.3. The second-order valence-electron chi connectivity index (χ2n) is 8.64. The Balaban J connectivity index is 1.54. The van der Waals surface area contributed by atoms with Crippen LogP contribution < -0.4 is 15.5 Å². The molecule has 5 amide bonds. The monoisotopic (exact) mass is 412 g/mol. The van der Waals surface area contributed by atoms with E-state index in [1.807, 2.05) is 0 Å². The lowest BCUT2D eigenvalue weighted by Crippen LogP contribution is -2.50. The van der Waals surface area contributed by atoms with Crippen molar-refractivity contribution in [1.29, 1.82) is 0 Å². The van der Waals surface area contributed by atoms with Crippen molar-refractivity contribution >= 4 is 35.1 Å². The van der Waals surface area contributed by atoms with Crippen LogP contribution in [0.15, 0.2) is 24.3 Å². The summed E-state index contributed by atoms with van der Waals surface area (Å²) < 4.78 is 0. The van der Waals surface area contributed by atoms with E-state index in [-0.39, 0.29) is 30.7 Å². The first-order valence-electron chi connectivity index (χ1n) is 10.7. The van der Waals surface area contributed by atoms with Crippen LogP contribution in [0.4, 0.5) is 16.2 Å². The van der Waals surface area contributed by atoms with Crippen LogP contribution in [-0.2, 0) is 14.4 Å². The van der Waals surface area contributed by atoms with Crippen LogP contribution in [0.3, 0.4) is 0 Å². The molecule has 1 atom stereocenters. The summed E-state index contributed by atoms with van der Waals surface area (Å²) in [6.45, 7) is 3.60. The van der Waals surface area contributed by atoms with Gasteiger partial charge < -0.3 is 15.5 Å². The smallest absolute Gasteiger partial charge is 0.324 e. The van der Waals surface area contributed by atoms with Crippen molar-refractivity contribution in [2.45, 2.75) is 64.0 Å². The first-order chi connectivity index (χ1) is 14.3. The minimum absolute atomic E-state index is 0.142. The fraction of sp³-hybridized carbons (Fsp3) is 0.545. The number of nitrogens with zero attached hydrogens (tertiary/aromatic N) is 2. The van der Waals surface area contributed by atoms with E-state index in [0.717, 1.165) is 24.2 Å². The molecule has 1 aliphatic carbocycles. The molecule has 0 unspecified atom stereocenters. The van der Waals surface area contributed by atoms with Crippen molar-refractivity contribution in [3.8, 4) is 0 Å². The highest BCUT2D eigenvalue weighted by molar-refractivity contribution is 6.11. The molecule has 1 saturated carbocycles. The first kappa shape index (κ1) is 20.4. The van der Waals surface area contributed by atoms with Gasteiger partial charge in [-0.05, 0) is 50.7 Å². The largest absolute Gasteiger partial charge is 0.325 e. The van der Waals surface area contributed by atoms with Gasteiger partial charge in [0.1, 0.15) is 12.1 Å². The van der Waals surface area contributed by atoms with Gasteiger partial charge in [0.2, 0.25) is 11.8 Å². The molecule has 2 fully saturated rings. The molecule has 1 spiro atoms. The molecule has 0 radical (unpaired) electrons. The number of rotatable bonds is 3. The van der Waals surface area contributed by atoms with E-state index in [0.29, 0.717) is 30.1 Å². The summed E-state index contributed by atoms with van der Waals surface area (Å²) in [7, 11) is 0. The van der Waals surface area contributed by atoms with Crippen LogP contribution in [0.1, 0.15) is 52.4 Å². The van der Waals surface area contributed by atoms with Crippen molar-refractivity contribution < 1.29 is 19.2 Å². The summed E-state index contributed by atoms with van der Waals surface area (Å²) in [6, 6.07) is 6.17. The molecule has 8 heteroatoms. The van der Waals surface area contributed by atoms with Crippen LogP contribution in [-0.4, -0.2) is 46.8 Å². The standard InChI is InChI=1S/C22H28N4O4/c1-3-15-8-10-22(11-9-15)20(29)25(21(30)24-22)13-19(28)26-14(2)12-18(27)23-16-6-4-5-7-17(16)26/h4-7,14-15H,3,8-13H2,1-2H3,(H,23,27)(H,24,30)/t14-,15?,22?/m1/s1. The van der Waals surface area contributed by atoms with E-state index in [1.165, 1.54) is 4.90 Å².